The number of aliphatic hydroxyl groups excluding tert-OH is 5. The number of carbonyl (C=O) groups is 2. The molecule has 378 valence electrons. The second-order valence-electron chi connectivity index (χ2n) is 18.2. The van der Waals surface area contributed by atoms with E-state index in [2.05, 4.69) is 43.5 Å². The summed E-state index contributed by atoms with van der Waals surface area (Å²) in [6.45, 7) is 4.19. The van der Waals surface area contributed by atoms with Gasteiger partial charge in [-0.25, -0.2) is 0 Å². The van der Waals surface area contributed by atoms with Crippen LogP contribution in [0, 0.1) is 0 Å². The van der Waals surface area contributed by atoms with Gasteiger partial charge in [-0.15, -0.1) is 0 Å². The molecule has 1 fully saturated rings. The van der Waals surface area contributed by atoms with Gasteiger partial charge in [-0.1, -0.05) is 178 Å². The van der Waals surface area contributed by atoms with Crippen molar-refractivity contribution in [2.45, 2.75) is 262 Å². The van der Waals surface area contributed by atoms with E-state index < -0.39 is 49.5 Å². The maximum atomic E-state index is 12.9. The lowest BCUT2D eigenvalue weighted by Crippen LogP contribution is -2.60. The van der Waals surface area contributed by atoms with Crippen LogP contribution in [0.2, 0.25) is 0 Å². The first-order valence-electron chi connectivity index (χ1n) is 26.4. The van der Waals surface area contributed by atoms with Crippen LogP contribution in [0.1, 0.15) is 219 Å². The van der Waals surface area contributed by atoms with E-state index in [0.717, 1.165) is 70.6 Å². The summed E-state index contributed by atoms with van der Waals surface area (Å²) in [7, 11) is 0. The molecular weight excluding hydrogens is 823 g/mol. The largest absolute Gasteiger partial charge is 0.466 e. The molecule has 0 aromatic rings. The number of allylic oxidation sites excluding steroid dienone is 7. The number of hydrogen-bond acceptors (Lipinski definition) is 10. The summed E-state index contributed by atoms with van der Waals surface area (Å²) in [5, 5.41) is 54.0. The first kappa shape index (κ1) is 60.6. The molecule has 11 heteroatoms. The third-order valence-electron chi connectivity index (χ3n) is 12.2. The number of ether oxygens (including phenoxy) is 3. The van der Waals surface area contributed by atoms with Crippen LogP contribution < -0.4 is 5.32 Å². The van der Waals surface area contributed by atoms with E-state index in [-0.39, 0.29) is 24.9 Å². The van der Waals surface area contributed by atoms with Gasteiger partial charge in [-0.05, 0) is 77.0 Å². The summed E-state index contributed by atoms with van der Waals surface area (Å²) >= 11 is 0. The molecule has 1 aliphatic heterocycles. The van der Waals surface area contributed by atoms with E-state index in [1.54, 1.807) is 6.08 Å². The van der Waals surface area contributed by atoms with Gasteiger partial charge >= 0.3 is 5.97 Å². The Kier molecular flexibility index (Phi) is 41.2. The normalized spacial score (nSPS) is 20.1. The van der Waals surface area contributed by atoms with Crippen LogP contribution >= 0.6 is 0 Å². The third-order valence-corrected chi connectivity index (χ3v) is 12.2. The molecule has 0 aromatic carbocycles. The molecule has 1 amide bonds. The molecule has 7 atom stereocenters. The topological polar surface area (TPSA) is 175 Å². The Morgan fingerprint density at radius 3 is 1.60 bits per heavy atom. The second kappa shape index (κ2) is 44.1. The van der Waals surface area contributed by atoms with Crippen LogP contribution in [0.5, 0.6) is 0 Å². The van der Waals surface area contributed by atoms with Gasteiger partial charge in [0.25, 0.3) is 0 Å². The van der Waals surface area contributed by atoms with Crippen LogP contribution in [0.4, 0.5) is 0 Å². The SMILES string of the molecule is CCCCCCCC/C=C\CCCCCCCC(=O)OCCCCCCCC/C=C\C/C=C\CCC(=O)NC(COC1OC(CO)C(O)C(O)C1O)C(O)/C=C/CCCCCCCCC. The quantitative estimate of drug-likeness (QED) is 0.0196. The smallest absolute Gasteiger partial charge is 0.305 e. The summed E-state index contributed by atoms with van der Waals surface area (Å²) in [5.74, 6) is -0.315. The minimum Gasteiger partial charge on any atom is -0.466 e. The molecule has 1 heterocycles. The minimum absolute atomic E-state index is 0.0484. The van der Waals surface area contributed by atoms with E-state index in [9.17, 15) is 35.1 Å². The number of amides is 1. The van der Waals surface area contributed by atoms with E-state index in [1.165, 1.54) is 116 Å². The summed E-state index contributed by atoms with van der Waals surface area (Å²) in [6.07, 6.45) is 43.6. The predicted octanol–water partition coefficient (Wildman–Crippen LogP) is 10.9. The van der Waals surface area contributed by atoms with Gasteiger partial charge in [0.2, 0.25) is 5.91 Å². The van der Waals surface area contributed by atoms with E-state index >= 15 is 0 Å². The van der Waals surface area contributed by atoms with E-state index in [4.69, 9.17) is 14.2 Å². The Bertz CT molecular complexity index is 1220. The van der Waals surface area contributed by atoms with Gasteiger partial charge < -0.3 is 45.1 Å². The highest BCUT2D eigenvalue weighted by Crippen LogP contribution is 2.22. The molecule has 0 saturated carbocycles. The molecule has 0 spiro atoms. The molecule has 1 aliphatic rings. The number of hydrogen-bond donors (Lipinski definition) is 6. The van der Waals surface area contributed by atoms with Gasteiger partial charge in [0.05, 0.1) is 32.0 Å². The number of esters is 1. The van der Waals surface area contributed by atoms with Crippen molar-refractivity contribution >= 4 is 11.9 Å². The Balaban J connectivity index is 2.17. The number of nitrogens with one attached hydrogen (secondary N) is 1. The van der Waals surface area contributed by atoms with Gasteiger partial charge in [0.15, 0.2) is 6.29 Å². The summed E-state index contributed by atoms with van der Waals surface area (Å²) in [4.78, 5) is 25.0. The highest BCUT2D eigenvalue weighted by Gasteiger charge is 2.44. The molecule has 0 aliphatic carbocycles. The lowest BCUT2D eigenvalue weighted by atomic mass is 9.99. The monoisotopic (exact) mass is 920 g/mol. The highest BCUT2D eigenvalue weighted by molar-refractivity contribution is 5.76. The van der Waals surface area contributed by atoms with Crippen molar-refractivity contribution < 1.29 is 49.3 Å². The molecule has 0 bridgehead atoms. The first-order chi connectivity index (χ1) is 31.7. The maximum Gasteiger partial charge on any atom is 0.305 e. The van der Waals surface area contributed by atoms with Crippen molar-refractivity contribution in [2.75, 3.05) is 19.8 Å². The summed E-state index contributed by atoms with van der Waals surface area (Å²) in [6, 6.07) is -0.853. The fourth-order valence-corrected chi connectivity index (χ4v) is 7.89. The van der Waals surface area contributed by atoms with Crippen molar-refractivity contribution in [2.24, 2.45) is 0 Å². The van der Waals surface area contributed by atoms with Crippen molar-refractivity contribution in [3.63, 3.8) is 0 Å². The molecule has 1 saturated heterocycles. The molecule has 0 aromatic heterocycles. The Labute approximate surface area is 396 Å². The zero-order chi connectivity index (χ0) is 47.4. The number of rotatable bonds is 44. The van der Waals surface area contributed by atoms with Gasteiger partial charge in [-0.2, -0.15) is 0 Å². The van der Waals surface area contributed by atoms with Crippen molar-refractivity contribution in [3.05, 3.63) is 48.6 Å². The van der Waals surface area contributed by atoms with Crippen molar-refractivity contribution in [1.82, 2.24) is 5.32 Å². The van der Waals surface area contributed by atoms with Crippen LogP contribution in [0.25, 0.3) is 0 Å². The van der Waals surface area contributed by atoms with Crippen LogP contribution in [-0.4, -0.2) is 100 Å². The number of aliphatic hydroxyl groups is 5. The first-order valence-corrected chi connectivity index (χ1v) is 26.4. The van der Waals surface area contributed by atoms with E-state index in [1.807, 2.05) is 18.2 Å². The minimum atomic E-state index is -1.59. The fourth-order valence-electron chi connectivity index (χ4n) is 7.89. The molecule has 7 unspecified atom stereocenters. The maximum absolute atomic E-state index is 12.9. The zero-order valence-corrected chi connectivity index (χ0v) is 41.2. The number of unbranched alkanes of at least 4 members (excludes halogenated alkanes) is 24. The Hall–Kier alpha value is -2.38. The lowest BCUT2D eigenvalue weighted by molar-refractivity contribution is -0.302. The van der Waals surface area contributed by atoms with Crippen molar-refractivity contribution in [3.8, 4) is 0 Å². The standard InChI is InChI=1S/C54H97NO10/c1-3-5-7-9-11-13-14-15-16-19-22-26-30-34-38-42-50(59)63-43-39-35-31-27-23-20-17-18-21-25-29-33-37-41-49(58)55-46(47(57)40-36-32-28-24-12-10-8-6-4-2)45-64-54-53(62)52(61)51(60)48(44-56)65-54/h15-16,18,21,29,33,36,40,46-48,51-54,56-57,60-62H,3-14,17,19-20,22-28,30-32,34-35,37-39,41-45H2,1-2H3,(H,55,58)/b16-15-,21-18-,33-29-,40-36+. The van der Waals surface area contributed by atoms with E-state index in [0.29, 0.717) is 19.4 Å². The van der Waals surface area contributed by atoms with Gasteiger partial charge in [0, 0.05) is 12.8 Å². The molecule has 1 rings (SSSR count). The molecule has 0 radical (unpaired) electrons. The molecule has 65 heavy (non-hydrogen) atoms. The number of carbonyl (C=O) groups excluding carboxylic acids is 2. The second-order valence-corrected chi connectivity index (χ2v) is 18.2. The average Bonchev–Trinajstić information content (AvgIpc) is 3.30. The highest BCUT2D eigenvalue weighted by atomic mass is 16.7. The predicted molar refractivity (Wildman–Crippen MR) is 264 cm³/mol. The summed E-state index contributed by atoms with van der Waals surface area (Å²) < 4.78 is 16.6. The van der Waals surface area contributed by atoms with Gasteiger partial charge in [-0.3, -0.25) is 9.59 Å². The Morgan fingerprint density at radius 2 is 1.05 bits per heavy atom. The van der Waals surface area contributed by atoms with Crippen molar-refractivity contribution in [1.29, 1.82) is 0 Å². The van der Waals surface area contributed by atoms with Crippen LogP contribution in [-0.2, 0) is 23.8 Å². The fraction of sp³-hybridized carbons (Fsp3) is 0.815. The lowest BCUT2D eigenvalue weighted by Gasteiger charge is -2.40. The Morgan fingerprint density at radius 1 is 0.569 bits per heavy atom. The molecule has 11 nitrogen and oxygen atoms in total. The molecule has 6 N–H and O–H groups in total. The summed E-state index contributed by atoms with van der Waals surface area (Å²) in [5.41, 5.74) is 0. The molecular formula is C54H97NO10. The van der Waals surface area contributed by atoms with Crippen LogP contribution in [0.3, 0.4) is 0 Å². The van der Waals surface area contributed by atoms with Gasteiger partial charge in [0.1, 0.15) is 24.4 Å². The van der Waals surface area contributed by atoms with Crippen LogP contribution in [0.15, 0.2) is 48.6 Å². The zero-order valence-electron chi connectivity index (χ0n) is 41.2. The third kappa shape index (κ3) is 34.6. The average molecular weight is 920 g/mol.